The average molecular weight is 631 g/mol. The maximum absolute atomic E-state index is 14.3. The van der Waals surface area contributed by atoms with Gasteiger partial charge >= 0.3 is 0 Å². The first-order chi connectivity index (χ1) is 19.9. The van der Waals surface area contributed by atoms with Crippen molar-refractivity contribution >= 4 is 50.7 Å². The molecule has 1 aliphatic carbocycles. The Morgan fingerprint density at radius 2 is 1.64 bits per heavy atom. The molecular formula is C32H37Cl2N3O4S. The molecule has 0 bridgehead atoms. The minimum Gasteiger partial charge on any atom is -0.352 e. The second-order valence-corrected chi connectivity index (χ2v) is 13.7. The van der Waals surface area contributed by atoms with Crippen LogP contribution in [0.2, 0.25) is 10.0 Å². The van der Waals surface area contributed by atoms with Crippen molar-refractivity contribution in [2.24, 2.45) is 0 Å². The molecule has 1 atom stereocenters. The maximum Gasteiger partial charge on any atom is 0.244 e. The number of rotatable bonds is 11. The van der Waals surface area contributed by atoms with Crippen molar-refractivity contribution in [2.75, 3.05) is 17.1 Å². The number of sulfonamides is 1. The van der Waals surface area contributed by atoms with Crippen LogP contribution in [0.4, 0.5) is 5.69 Å². The lowest BCUT2D eigenvalue weighted by Gasteiger charge is -2.34. The molecule has 1 saturated carbocycles. The molecule has 0 heterocycles. The van der Waals surface area contributed by atoms with Crippen LogP contribution in [-0.2, 0) is 32.6 Å². The molecule has 7 nitrogen and oxygen atoms in total. The van der Waals surface area contributed by atoms with Gasteiger partial charge in [0.05, 0.1) is 11.9 Å². The number of hydrogen-bond donors (Lipinski definition) is 1. The number of halogens is 2. The Morgan fingerprint density at radius 3 is 2.26 bits per heavy atom. The Morgan fingerprint density at radius 1 is 0.952 bits per heavy atom. The molecule has 3 aromatic rings. The number of amides is 2. The number of aryl methyl sites for hydroxylation is 2. The summed E-state index contributed by atoms with van der Waals surface area (Å²) in [6, 6.07) is 18.8. The Bertz CT molecular complexity index is 1530. The summed E-state index contributed by atoms with van der Waals surface area (Å²) in [5.41, 5.74) is 3.75. The second-order valence-electron chi connectivity index (χ2n) is 11.0. The number of carbonyl (C=O) groups excluding carboxylic acids is 2. The monoisotopic (exact) mass is 629 g/mol. The largest absolute Gasteiger partial charge is 0.352 e. The molecular weight excluding hydrogens is 593 g/mol. The highest BCUT2D eigenvalue weighted by Gasteiger charge is 2.34. The van der Waals surface area contributed by atoms with E-state index in [-0.39, 0.29) is 24.9 Å². The van der Waals surface area contributed by atoms with Gasteiger partial charge in [-0.3, -0.25) is 13.9 Å². The van der Waals surface area contributed by atoms with Crippen LogP contribution in [0.1, 0.15) is 47.9 Å². The molecule has 3 aromatic carbocycles. The third-order valence-corrected chi connectivity index (χ3v) is 9.51. The highest BCUT2D eigenvalue weighted by molar-refractivity contribution is 7.92. The molecule has 0 spiro atoms. The molecule has 0 aromatic heterocycles. The summed E-state index contributed by atoms with van der Waals surface area (Å²) in [6.45, 7) is 3.34. The molecule has 1 unspecified atom stereocenters. The van der Waals surface area contributed by atoms with Crippen molar-refractivity contribution in [1.29, 1.82) is 0 Å². The molecule has 0 radical (unpaired) electrons. The summed E-state index contributed by atoms with van der Waals surface area (Å²) in [7, 11) is -3.84. The summed E-state index contributed by atoms with van der Waals surface area (Å²) in [5.74, 6) is -0.798. The van der Waals surface area contributed by atoms with E-state index >= 15 is 0 Å². The zero-order valence-electron chi connectivity index (χ0n) is 24.1. The molecule has 0 saturated heterocycles. The van der Waals surface area contributed by atoms with Crippen molar-refractivity contribution in [3.63, 3.8) is 0 Å². The van der Waals surface area contributed by atoms with Gasteiger partial charge in [-0.25, -0.2) is 8.42 Å². The van der Waals surface area contributed by atoms with E-state index in [1.807, 2.05) is 50.2 Å². The van der Waals surface area contributed by atoms with E-state index in [1.54, 1.807) is 30.3 Å². The van der Waals surface area contributed by atoms with Gasteiger partial charge < -0.3 is 10.2 Å². The van der Waals surface area contributed by atoms with Gasteiger partial charge in [-0.15, -0.1) is 0 Å². The third kappa shape index (κ3) is 8.27. The van der Waals surface area contributed by atoms with Crippen molar-refractivity contribution in [3.05, 3.63) is 99.0 Å². The average Bonchev–Trinajstić information content (AvgIpc) is 3.45. The summed E-state index contributed by atoms with van der Waals surface area (Å²) in [4.78, 5) is 29.6. The number of benzene rings is 3. The standard InChI is InChI=1S/C32H37Cl2N3O4S/c1-22-13-16-28(17-23(22)2)37(42(3,40)41)21-31(38)36(20-25-14-15-26(33)19-29(25)34)30(18-24-9-5-4-6-10-24)32(39)35-27-11-7-8-12-27/h4-6,9-10,13-17,19,27,30H,7-8,11-12,18,20-21H2,1-3H3,(H,35,39). The smallest absolute Gasteiger partial charge is 0.244 e. The molecule has 1 N–H and O–H groups in total. The number of anilines is 1. The van der Waals surface area contributed by atoms with Gasteiger partial charge in [0.15, 0.2) is 0 Å². The molecule has 224 valence electrons. The SMILES string of the molecule is Cc1ccc(N(CC(=O)N(Cc2ccc(Cl)cc2Cl)C(Cc2ccccc2)C(=O)NC2CCCC2)S(C)(=O)=O)cc1C. The maximum atomic E-state index is 14.3. The fourth-order valence-electron chi connectivity index (χ4n) is 5.25. The van der Waals surface area contributed by atoms with Gasteiger partial charge in [0, 0.05) is 29.1 Å². The Kier molecular flexibility index (Phi) is 10.6. The first-order valence-electron chi connectivity index (χ1n) is 14.0. The van der Waals surface area contributed by atoms with Crippen molar-refractivity contribution in [1.82, 2.24) is 10.2 Å². The van der Waals surface area contributed by atoms with Crippen LogP contribution in [0.15, 0.2) is 66.7 Å². The second kappa shape index (κ2) is 13.9. The molecule has 0 aliphatic heterocycles. The van der Waals surface area contributed by atoms with Crippen LogP contribution >= 0.6 is 23.2 Å². The van der Waals surface area contributed by atoms with Crippen molar-refractivity contribution < 1.29 is 18.0 Å². The van der Waals surface area contributed by atoms with E-state index in [0.717, 1.165) is 52.9 Å². The molecule has 10 heteroatoms. The zero-order valence-corrected chi connectivity index (χ0v) is 26.5. The normalized spacial score (nSPS) is 14.4. The predicted octanol–water partition coefficient (Wildman–Crippen LogP) is 6.08. The molecule has 1 fully saturated rings. The minimum absolute atomic E-state index is 0.00501. The van der Waals surface area contributed by atoms with E-state index in [9.17, 15) is 18.0 Å². The number of carbonyl (C=O) groups is 2. The van der Waals surface area contributed by atoms with Crippen LogP contribution in [0.3, 0.4) is 0 Å². The molecule has 1 aliphatic rings. The van der Waals surface area contributed by atoms with Gasteiger partial charge in [-0.05, 0) is 73.2 Å². The quantitative estimate of drug-likeness (QED) is 0.279. The van der Waals surface area contributed by atoms with Crippen LogP contribution in [0, 0.1) is 13.8 Å². The van der Waals surface area contributed by atoms with Crippen LogP contribution in [0.5, 0.6) is 0 Å². The Balaban J connectivity index is 1.75. The predicted molar refractivity (Wildman–Crippen MR) is 169 cm³/mol. The summed E-state index contributed by atoms with van der Waals surface area (Å²) >= 11 is 12.7. The lowest BCUT2D eigenvalue weighted by Crippen LogP contribution is -2.54. The van der Waals surface area contributed by atoms with Gasteiger partial charge in [0.2, 0.25) is 21.8 Å². The Hall–Kier alpha value is -3.07. The topological polar surface area (TPSA) is 86.8 Å². The fourth-order valence-corrected chi connectivity index (χ4v) is 6.56. The van der Waals surface area contributed by atoms with Crippen LogP contribution in [-0.4, -0.2) is 50.0 Å². The van der Waals surface area contributed by atoms with Gasteiger partial charge in [-0.1, -0.05) is 78.5 Å². The fraction of sp³-hybridized carbons (Fsp3) is 0.375. The van der Waals surface area contributed by atoms with Crippen molar-refractivity contribution in [2.45, 2.75) is 64.6 Å². The van der Waals surface area contributed by atoms with E-state index in [2.05, 4.69) is 5.32 Å². The summed E-state index contributed by atoms with van der Waals surface area (Å²) in [5, 5.41) is 3.95. The van der Waals surface area contributed by atoms with E-state index in [4.69, 9.17) is 23.2 Å². The van der Waals surface area contributed by atoms with E-state index < -0.39 is 28.5 Å². The lowest BCUT2D eigenvalue weighted by molar-refractivity contribution is -0.140. The highest BCUT2D eigenvalue weighted by atomic mass is 35.5. The molecule has 42 heavy (non-hydrogen) atoms. The first-order valence-corrected chi connectivity index (χ1v) is 16.7. The Labute approximate surface area is 258 Å². The van der Waals surface area contributed by atoms with Gasteiger partial charge in [-0.2, -0.15) is 0 Å². The number of hydrogen-bond acceptors (Lipinski definition) is 4. The number of nitrogens with zero attached hydrogens (tertiary/aromatic N) is 2. The van der Waals surface area contributed by atoms with Crippen molar-refractivity contribution in [3.8, 4) is 0 Å². The summed E-state index contributed by atoms with van der Waals surface area (Å²) in [6.07, 6.45) is 5.17. The summed E-state index contributed by atoms with van der Waals surface area (Å²) < 4.78 is 27.1. The van der Waals surface area contributed by atoms with E-state index in [1.165, 1.54) is 4.90 Å². The van der Waals surface area contributed by atoms with Crippen LogP contribution < -0.4 is 9.62 Å². The first kappa shape index (κ1) is 31.9. The number of nitrogens with one attached hydrogen (secondary N) is 1. The lowest BCUT2D eigenvalue weighted by atomic mass is 10.0. The van der Waals surface area contributed by atoms with Gasteiger partial charge in [0.1, 0.15) is 12.6 Å². The van der Waals surface area contributed by atoms with Gasteiger partial charge in [0.25, 0.3) is 0 Å². The third-order valence-electron chi connectivity index (χ3n) is 7.79. The molecule has 4 rings (SSSR count). The minimum atomic E-state index is -3.84. The zero-order chi connectivity index (χ0) is 30.4. The highest BCUT2D eigenvalue weighted by Crippen LogP contribution is 2.26. The van der Waals surface area contributed by atoms with Crippen LogP contribution in [0.25, 0.3) is 0 Å². The molecule has 2 amide bonds. The van der Waals surface area contributed by atoms with E-state index in [0.29, 0.717) is 21.3 Å².